The molecular weight excluding hydrogens is 304 g/mol. The van der Waals surface area contributed by atoms with Crippen molar-refractivity contribution in [3.05, 3.63) is 59.5 Å². The second-order valence-corrected chi connectivity index (χ2v) is 6.71. The van der Waals surface area contributed by atoms with Gasteiger partial charge in [-0.15, -0.1) is 0 Å². The van der Waals surface area contributed by atoms with Crippen molar-refractivity contribution in [2.45, 2.75) is 25.0 Å². The quantitative estimate of drug-likeness (QED) is 0.910. The van der Waals surface area contributed by atoms with E-state index in [0.29, 0.717) is 31.4 Å². The summed E-state index contributed by atoms with van der Waals surface area (Å²) in [6.07, 6.45) is 3.02. The molecule has 0 saturated carbocycles. The van der Waals surface area contributed by atoms with Gasteiger partial charge in [-0.3, -0.25) is 9.69 Å². The van der Waals surface area contributed by atoms with Crippen LogP contribution in [0, 0.1) is 0 Å². The molecule has 0 spiro atoms. The van der Waals surface area contributed by atoms with Gasteiger partial charge < -0.3 is 14.4 Å². The number of aliphatic hydroxyl groups is 1. The smallest absolute Gasteiger partial charge is 0.289 e. The van der Waals surface area contributed by atoms with E-state index in [2.05, 4.69) is 29.2 Å². The maximum atomic E-state index is 12.5. The van der Waals surface area contributed by atoms with E-state index in [9.17, 15) is 9.90 Å². The van der Waals surface area contributed by atoms with Gasteiger partial charge in [0.25, 0.3) is 5.91 Å². The van der Waals surface area contributed by atoms with E-state index in [0.717, 1.165) is 19.4 Å². The van der Waals surface area contributed by atoms with Crippen LogP contribution in [0.3, 0.4) is 0 Å². The van der Waals surface area contributed by atoms with Crippen molar-refractivity contribution < 1.29 is 14.3 Å². The van der Waals surface area contributed by atoms with E-state index in [-0.39, 0.29) is 5.91 Å². The Kier molecular flexibility index (Phi) is 4.12. The first-order chi connectivity index (χ1) is 11.7. The lowest BCUT2D eigenvalue weighted by atomic mass is 10.1. The van der Waals surface area contributed by atoms with Crippen LogP contribution in [-0.4, -0.2) is 59.1 Å². The van der Waals surface area contributed by atoms with Gasteiger partial charge in [-0.05, 0) is 36.1 Å². The molecule has 2 aromatic rings. The molecule has 0 bridgehead atoms. The molecule has 5 nitrogen and oxygen atoms in total. The highest BCUT2D eigenvalue weighted by molar-refractivity contribution is 5.91. The molecule has 1 N–H and O–H groups in total. The van der Waals surface area contributed by atoms with Crippen LogP contribution in [0.15, 0.2) is 47.1 Å². The van der Waals surface area contributed by atoms with Crippen LogP contribution in [0.2, 0.25) is 0 Å². The molecule has 4 rings (SSSR count). The average Bonchev–Trinajstić information content (AvgIpc) is 3.22. The predicted octanol–water partition coefficient (Wildman–Crippen LogP) is 1.57. The van der Waals surface area contributed by atoms with Gasteiger partial charge >= 0.3 is 0 Å². The average molecular weight is 326 g/mol. The molecule has 1 amide bonds. The molecule has 2 heterocycles. The summed E-state index contributed by atoms with van der Waals surface area (Å²) in [4.78, 5) is 16.5. The molecule has 1 fully saturated rings. The highest BCUT2D eigenvalue weighted by atomic mass is 16.3. The second kappa shape index (κ2) is 6.42. The van der Waals surface area contributed by atoms with Crippen molar-refractivity contribution in [2.75, 3.05) is 26.2 Å². The van der Waals surface area contributed by atoms with Crippen LogP contribution in [0.4, 0.5) is 0 Å². The number of benzene rings is 1. The van der Waals surface area contributed by atoms with Gasteiger partial charge in [-0.2, -0.15) is 0 Å². The predicted molar refractivity (Wildman–Crippen MR) is 89.8 cm³/mol. The van der Waals surface area contributed by atoms with E-state index in [1.165, 1.54) is 17.4 Å². The number of amides is 1. The van der Waals surface area contributed by atoms with Gasteiger partial charge in [0.1, 0.15) is 0 Å². The lowest BCUT2D eigenvalue weighted by molar-refractivity contribution is 0.0628. The molecule has 24 heavy (non-hydrogen) atoms. The first-order valence-electron chi connectivity index (χ1n) is 8.52. The third-order valence-electron chi connectivity index (χ3n) is 5.10. The van der Waals surface area contributed by atoms with Gasteiger partial charge in [-0.25, -0.2) is 0 Å². The number of nitrogens with zero attached hydrogens (tertiary/aromatic N) is 2. The summed E-state index contributed by atoms with van der Waals surface area (Å²) in [7, 11) is 0. The number of furan rings is 1. The number of rotatable bonds is 2. The minimum absolute atomic E-state index is 0.143. The van der Waals surface area contributed by atoms with Crippen molar-refractivity contribution in [1.29, 1.82) is 0 Å². The Bertz CT molecular complexity index is 688. The number of hydrogen-bond acceptors (Lipinski definition) is 4. The minimum Gasteiger partial charge on any atom is -0.459 e. The van der Waals surface area contributed by atoms with Crippen molar-refractivity contribution in [2.24, 2.45) is 0 Å². The van der Waals surface area contributed by atoms with E-state index in [1.54, 1.807) is 17.0 Å². The summed E-state index contributed by atoms with van der Waals surface area (Å²) in [6, 6.07) is 12.3. The number of carbonyl (C=O) groups is 1. The van der Waals surface area contributed by atoms with Crippen LogP contribution in [0.25, 0.3) is 0 Å². The topological polar surface area (TPSA) is 56.9 Å². The third-order valence-corrected chi connectivity index (χ3v) is 5.10. The zero-order chi connectivity index (χ0) is 16.5. The zero-order valence-electron chi connectivity index (χ0n) is 13.6. The molecule has 2 aliphatic rings. The van der Waals surface area contributed by atoms with Crippen LogP contribution in [0.5, 0.6) is 0 Å². The Morgan fingerprint density at radius 3 is 2.46 bits per heavy atom. The van der Waals surface area contributed by atoms with Crippen LogP contribution >= 0.6 is 0 Å². The lowest BCUT2D eigenvalue weighted by Crippen LogP contribution is -2.41. The van der Waals surface area contributed by atoms with Gasteiger partial charge in [0.05, 0.1) is 12.4 Å². The van der Waals surface area contributed by atoms with Crippen molar-refractivity contribution >= 4 is 5.91 Å². The summed E-state index contributed by atoms with van der Waals surface area (Å²) in [5.41, 5.74) is 2.81. The zero-order valence-corrected chi connectivity index (χ0v) is 13.6. The third kappa shape index (κ3) is 2.97. The fourth-order valence-corrected chi connectivity index (χ4v) is 3.88. The number of aliphatic hydroxyl groups excluding tert-OH is 1. The van der Waals surface area contributed by atoms with Crippen LogP contribution < -0.4 is 0 Å². The number of fused-ring (bicyclic) bond motifs is 1. The molecular formula is C19H22N2O3. The normalized spacial score (nSPS) is 22.4. The molecule has 1 aromatic carbocycles. The van der Waals surface area contributed by atoms with E-state index >= 15 is 0 Å². The molecule has 1 atom stereocenters. The van der Waals surface area contributed by atoms with Gasteiger partial charge in [0, 0.05) is 32.2 Å². The Morgan fingerprint density at radius 1 is 1.04 bits per heavy atom. The van der Waals surface area contributed by atoms with Gasteiger partial charge in [0.15, 0.2) is 5.76 Å². The minimum atomic E-state index is -0.532. The summed E-state index contributed by atoms with van der Waals surface area (Å²) in [5.74, 6) is 0.194. The highest BCUT2D eigenvalue weighted by Gasteiger charge is 2.32. The Hall–Kier alpha value is -2.11. The van der Waals surface area contributed by atoms with E-state index in [4.69, 9.17) is 4.42 Å². The summed E-state index contributed by atoms with van der Waals surface area (Å²) in [6.45, 7) is 2.36. The van der Waals surface area contributed by atoms with Crippen molar-refractivity contribution in [1.82, 2.24) is 9.80 Å². The molecule has 0 radical (unpaired) electrons. The number of β-amino-alcohol motifs (C(OH)–C–C–N with tert-alkyl or cyclic N) is 1. The Balaban J connectivity index is 1.44. The fourth-order valence-electron chi connectivity index (χ4n) is 3.88. The van der Waals surface area contributed by atoms with Crippen LogP contribution in [0.1, 0.15) is 21.7 Å². The summed E-state index contributed by atoms with van der Waals surface area (Å²) in [5, 5.41) is 10.4. The maximum Gasteiger partial charge on any atom is 0.289 e. The Morgan fingerprint density at radius 2 is 1.79 bits per heavy atom. The van der Waals surface area contributed by atoms with Gasteiger partial charge in [0.2, 0.25) is 0 Å². The van der Waals surface area contributed by atoms with E-state index in [1.807, 2.05) is 0 Å². The summed E-state index contributed by atoms with van der Waals surface area (Å²) >= 11 is 0. The van der Waals surface area contributed by atoms with Crippen molar-refractivity contribution in [3.63, 3.8) is 0 Å². The number of carbonyl (C=O) groups excluding carboxylic acids is 1. The molecule has 0 unspecified atom stereocenters. The first kappa shape index (κ1) is 15.4. The molecule has 5 heteroatoms. The first-order valence-corrected chi connectivity index (χ1v) is 8.52. The standard InChI is InChI=1S/C19H22N2O3/c22-17-12-20(16-10-14-4-1-2-5-15(14)11-16)7-8-21(13-17)19(23)18-6-3-9-24-18/h1-6,9,16-17,22H,7-8,10-13H2/t17-/m0/s1. The molecule has 1 aliphatic carbocycles. The molecule has 1 aromatic heterocycles. The largest absolute Gasteiger partial charge is 0.459 e. The highest BCUT2D eigenvalue weighted by Crippen LogP contribution is 2.26. The molecule has 1 saturated heterocycles. The van der Waals surface area contributed by atoms with E-state index < -0.39 is 6.10 Å². The number of hydrogen-bond donors (Lipinski definition) is 1. The van der Waals surface area contributed by atoms with Crippen LogP contribution in [-0.2, 0) is 12.8 Å². The second-order valence-electron chi connectivity index (χ2n) is 6.71. The summed E-state index contributed by atoms with van der Waals surface area (Å²) < 4.78 is 5.21. The molecule has 1 aliphatic heterocycles. The Labute approximate surface area is 141 Å². The monoisotopic (exact) mass is 326 g/mol. The lowest BCUT2D eigenvalue weighted by Gasteiger charge is -2.28. The molecule has 126 valence electrons. The van der Waals surface area contributed by atoms with Gasteiger partial charge in [-0.1, -0.05) is 24.3 Å². The SMILES string of the molecule is O=C(c1ccco1)N1CCN(C2Cc3ccccc3C2)C[C@H](O)C1. The fraction of sp³-hybridized carbons (Fsp3) is 0.421. The van der Waals surface area contributed by atoms with Crippen molar-refractivity contribution in [3.8, 4) is 0 Å². The maximum absolute atomic E-state index is 12.5.